The molecule has 2 aromatic heterocycles. The highest BCUT2D eigenvalue weighted by Crippen LogP contribution is 2.37. The zero-order valence-corrected chi connectivity index (χ0v) is 16.4. The predicted molar refractivity (Wildman–Crippen MR) is 116 cm³/mol. The molecule has 0 amide bonds. The lowest BCUT2D eigenvalue weighted by Crippen LogP contribution is -2.29. The molecule has 1 saturated heterocycles. The van der Waals surface area contributed by atoms with Gasteiger partial charge in [-0.2, -0.15) is 5.10 Å². The Morgan fingerprint density at radius 3 is 3.03 bits per heavy atom. The molecule has 6 nitrogen and oxygen atoms in total. The van der Waals surface area contributed by atoms with Crippen molar-refractivity contribution in [3.05, 3.63) is 58.2 Å². The van der Waals surface area contributed by atoms with Gasteiger partial charge < -0.3 is 15.8 Å². The third-order valence-corrected chi connectivity index (χ3v) is 4.60. The molecule has 1 aromatic carbocycles. The van der Waals surface area contributed by atoms with Crippen LogP contribution >= 0.6 is 23.2 Å². The van der Waals surface area contributed by atoms with Crippen molar-refractivity contribution < 1.29 is 28.3 Å². The van der Waals surface area contributed by atoms with E-state index in [1.54, 1.807) is 5.32 Å². The average Bonchev–Trinajstić information content (AvgIpc) is 3.35. The number of halogens is 3. The Balaban J connectivity index is 1.88. The number of aromatic nitrogens is 3. The summed E-state index contributed by atoms with van der Waals surface area (Å²) in [6, 6.07) is -0.646. The first-order valence-corrected chi connectivity index (χ1v) is 8.97. The maximum atomic E-state index is 14.3. The first-order valence-electron chi connectivity index (χ1n) is 15.2. The summed E-state index contributed by atoms with van der Waals surface area (Å²) in [6.45, 7) is -9.92. The Morgan fingerprint density at radius 2 is 2.27 bits per heavy atom. The van der Waals surface area contributed by atoms with E-state index in [1.807, 2.05) is 0 Å². The standard InChI is InChI=1S/C21H22Cl2FN5O/c1-12(19-16(22)2-3-17(24)20(19)23)30-18-8-13(9-27-21(18)25)14-10-28-29(11-14)15-4-6-26-7-5-15/h2-3,8-12,15,26H,4-7H2,1H3,(H2,25,27)/t12-/m0/s1/i1D3,4D2,5D2,6D2,7D2,9D,12D,15D. The number of ether oxygens (including phenoxy) is 1. The van der Waals surface area contributed by atoms with Crippen LogP contribution in [-0.4, -0.2) is 27.8 Å². The summed E-state index contributed by atoms with van der Waals surface area (Å²) < 4.78 is 135. The highest BCUT2D eigenvalue weighted by Gasteiger charge is 2.21. The van der Waals surface area contributed by atoms with Crippen LogP contribution in [-0.2, 0) is 0 Å². The molecule has 0 unspecified atom stereocenters. The van der Waals surface area contributed by atoms with Gasteiger partial charge in [0.1, 0.15) is 11.9 Å². The minimum atomic E-state index is -3.45. The number of nitrogens with two attached hydrogens (primary N) is 1. The Bertz CT molecular complexity index is 1610. The zero-order valence-electron chi connectivity index (χ0n) is 28.8. The van der Waals surface area contributed by atoms with Gasteiger partial charge in [0.2, 0.25) is 0 Å². The van der Waals surface area contributed by atoms with Gasteiger partial charge >= 0.3 is 0 Å². The summed E-state index contributed by atoms with van der Waals surface area (Å²) in [4.78, 5) is 3.77. The minimum absolute atomic E-state index is 0.198. The van der Waals surface area contributed by atoms with Gasteiger partial charge in [0.15, 0.2) is 11.6 Å². The number of anilines is 1. The van der Waals surface area contributed by atoms with Crippen LogP contribution in [0.3, 0.4) is 0 Å². The molecule has 0 saturated carbocycles. The Morgan fingerprint density at radius 1 is 1.47 bits per heavy atom. The van der Waals surface area contributed by atoms with Crippen molar-refractivity contribution in [3.8, 4) is 16.9 Å². The molecule has 1 fully saturated rings. The summed E-state index contributed by atoms with van der Waals surface area (Å²) in [6.07, 6.45) is -8.97. The molecule has 30 heavy (non-hydrogen) atoms. The summed E-state index contributed by atoms with van der Waals surface area (Å²) in [5.41, 5.74) is 4.63. The normalized spacial score (nSPS) is 32.0. The maximum absolute atomic E-state index is 14.3. The largest absolute Gasteiger partial charge is 0.482 e. The number of nitrogen functional groups attached to an aromatic ring is 1. The smallest absolute Gasteiger partial charge is 0.166 e. The number of hydrogen-bond acceptors (Lipinski definition) is 5. The molecule has 4 rings (SSSR count). The van der Waals surface area contributed by atoms with Gasteiger partial charge in [-0.1, -0.05) is 23.2 Å². The van der Waals surface area contributed by atoms with E-state index in [0.717, 1.165) is 30.6 Å². The van der Waals surface area contributed by atoms with Gasteiger partial charge in [-0.25, -0.2) is 9.37 Å². The average molecular weight is 464 g/mol. The van der Waals surface area contributed by atoms with E-state index in [2.05, 4.69) is 10.1 Å². The fraction of sp³-hybridized carbons (Fsp3) is 0.333. The predicted octanol–water partition coefficient (Wildman–Crippen LogP) is 5.04. The van der Waals surface area contributed by atoms with Crippen molar-refractivity contribution in [2.24, 2.45) is 0 Å². The van der Waals surface area contributed by atoms with Gasteiger partial charge in [-0.05, 0) is 50.8 Å². The van der Waals surface area contributed by atoms with E-state index < -0.39 is 83.9 Å². The summed E-state index contributed by atoms with van der Waals surface area (Å²) in [5.74, 6) is -2.33. The fourth-order valence-corrected chi connectivity index (χ4v) is 3.02. The van der Waals surface area contributed by atoms with E-state index in [0.29, 0.717) is 4.68 Å². The van der Waals surface area contributed by atoms with E-state index in [-0.39, 0.29) is 11.1 Å². The lowest BCUT2D eigenvalue weighted by molar-refractivity contribution is 0.227. The van der Waals surface area contributed by atoms with Gasteiger partial charge in [0.25, 0.3) is 0 Å². The number of pyridine rings is 1. The van der Waals surface area contributed by atoms with Crippen molar-refractivity contribution in [1.82, 2.24) is 20.1 Å². The van der Waals surface area contributed by atoms with E-state index in [1.165, 1.54) is 0 Å². The molecule has 9 heteroatoms. The van der Waals surface area contributed by atoms with E-state index >= 15 is 0 Å². The van der Waals surface area contributed by atoms with Gasteiger partial charge in [-0.15, -0.1) is 0 Å². The Labute approximate surface area is 203 Å². The molecule has 1 aliphatic rings. The fourth-order valence-electron chi connectivity index (χ4n) is 2.48. The van der Waals surface area contributed by atoms with Crippen LogP contribution in [0.1, 0.15) is 56.4 Å². The molecule has 3 aromatic rings. The van der Waals surface area contributed by atoms with Crippen LogP contribution in [0.2, 0.25) is 10.0 Å². The molecule has 0 bridgehead atoms. The van der Waals surface area contributed by atoms with Crippen LogP contribution in [0.5, 0.6) is 5.75 Å². The van der Waals surface area contributed by atoms with Gasteiger partial charge in [-0.3, -0.25) is 4.68 Å². The second-order valence-electron chi connectivity index (χ2n) is 5.83. The zero-order chi connectivity index (χ0) is 33.6. The van der Waals surface area contributed by atoms with Crippen molar-refractivity contribution >= 4 is 29.0 Å². The molecule has 1 atom stereocenters. The molecule has 158 valence electrons. The highest BCUT2D eigenvalue weighted by atomic mass is 35.5. The lowest BCUT2D eigenvalue weighted by atomic mass is 10.1. The second-order valence-corrected chi connectivity index (χ2v) is 6.61. The third kappa shape index (κ3) is 4.24. The Kier molecular flexibility index (Phi) is 2.89. The molecule has 1 aliphatic heterocycles. The van der Waals surface area contributed by atoms with Crippen LogP contribution in [0.4, 0.5) is 10.2 Å². The highest BCUT2D eigenvalue weighted by molar-refractivity contribution is 6.36. The Hall–Kier alpha value is -2.35. The molecular weight excluding hydrogens is 428 g/mol. The minimum Gasteiger partial charge on any atom is -0.482 e. The van der Waals surface area contributed by atoms with Crippen molar-refractivity contribution in [3.63, 3.8) is 0 Å². The summed E-state index contributed by atoms with van der Waals surface area (Å²) in [5, 5.41) is 4.18. The molecule has 3 heterocycles. The maximum Gasteiger partial charge on any atom is 0.166 e. The second kappa shape index (κ2) is 8.79. The molecule has 0 aliphatic carbocycles. The lowest BCUT2D eigenvalue weighted by Gasteiger charge is -2.22. The number of nitrogens with one attached hydrogen (secondary N) is 1. The number of rotatable bonds is 5. The number of hydrogen-bond donors (Lipinski definition) is 2. The molecular formula is C21H22Cl2FN5O. The van der Waals surface area contributed by atoms with E-state index in [4.69, 9.17) is 52.9 Å². The van der Waals surface area contributed by atoms with Crippen LogP contribution in [0, 0.1) is 5.82 Å². The van der Waals surface area contributed by atoms with Crippen LogP contribution in [0.15, 0.2) is 36.8 Å². The van der Waals surface area contributed by atoms with Crippen molar-refractivity contribution in [2.45, 2.75) is 31.7 Å². The van der Waals surface area contributed by atoms with Crippen molar-refractivity contribution in [2.75, 3.05) is 18.7 Å². The quantitative estimate of drug-likeness (QED) is 0.518. The topological polar surface area (TPSA) is 78.0 Å². The van der Waals surface area contributed by atoms with Crippen LogP contribution in [0.25, 0.3) is 11.1 Å². The van der Waals surface area contributed by atoms with Crippen molar-refractivity contribution in [1.29, 1.82) is 0 Å². The number of benzene rings is 1. The summed E-state index contributed by atoms with van der Waals surface area (Å²) >= 11 is 12.1. The van der Waals surface area contributed by atoms with E-state index in [9.17, 15) is 4.39 Å². The molecule has 0 radical (unpaired) electrons. The van der Waals surface area contributed by atoms with Gasteiger partial charge in [0.05, 0.1) is 21.3 Å². The molecule has 0 spiro atoms. The first-order chi connectivity index (χ1) is 19.8. The molecule has 3 N–H and O–H groups in total. The first kappa shape index (κ1) is 9.85. The van der Waals surface area contributed by atoms with Crippen LogP contribution < -0.4 is 15.8 Å². The monoisotopic (exact) mass is 463 g/mol. The third-order valence-electron chi connectivity index (χ3n) is 3.92. The number of piperidine rings is 1. The number of nitrogens with zero attached hydrogens (tertiary/aromatic N) is 3. The SMILES string of the molecule is [2H]c1nc(N)c(O[C@]([2H])(c2c(Cl)ccc(F)c2Cl)C([2H])([2H])[2H])cc1-c1cnn(C2([2H])C([2H])([2H])C([2H])([2H])NC([2H])([2H])C2([2H])[2H])c1. The van der Waals surface area contributed by atoms with Gasteiger partial charge in [0, 0.05) is 49.2 Å². The summed E-state index contributed by atoms with van der Waals surface area (Å²) in [7, 11) is 0.